The standard InChI is InChI=1S/C31H44N6O6S/c1-30(2,3)25(35-27(40)24(20-8-6-5-7-9-20)34-26(39)21-15-32-12-13-33-21)28(41)36-18-31(14-22(36)29(42)43-4)37(16-19-10-11-19)23(38)17-44-31/h12-13,15,19-20,22,24-25H,5-11,14,16-18H2,1-4H3,(H,34,39)(H,35,40)/t22?,24-,25?,31?/m0/s1. The summed E-state index contributed by atoms with van der Waals surface area (Å²) in [5, 5.41) is 5.86. The molecule has 13 heteroatoms. The molecule has 1 spiro atoms. The van der Waals surface area contributed by atoms with Crippen molar-refractivity contribution in [2.75, 3.05) is 26.0 Å². The smallest absolute Gasteiger partial charge is 0.328 e. The van der Waals surface area contributed by atoms with Gasteiger partial charge in [-0.2, -0.15) is 0 Å². The summed E-state index contributed by atoms with van der Waals surface area (Å²) in [4.78, 5) is 78.3. The molecule has 4 fully saturated rings. The Hall–Kier alpha value is -3.22. The molecular formula is C31H44N6O6S. The SMILES string of the molecule is COC(=O)C1CC2(CN1C(=O)C(NC(=O)[C@@H](NC(=O)c1cnccn1)C1CCCCC1)C(C)(C)C)SCC(=O)N2CC1CC1. The van der Waals surface area contributed by atoms with Crippen LogP contribution in [0.1, 0.15) is 82.6 Å². The highest BCUT2D eigenvalue weighted by atomic mass is 32.2. The number of likely N-dealkylation sites (tertiary alicyclic amines) is 1. The maximum Gasteiger partial charge on any atom is 0.328 e. The average Bonchev–Trinajstić information content (AvgIpc) is 3.69. The van der Waals surface area contributed by atoms with Crippen molar-refractivity contribution in [2.24, 2.45) is 17.3 Å². The Kier molecular flexibility index (Phi) is 9.52. The first kappa shape index (κ1) is 32.2. The van der Waals surface area contributed by atoms with Gasteiger partial charge in [0, 0.05) is 25.4 Å². The van der Waals surface area contributed by atoms with E-state index < -0.39 is 52.1 Å². The fourth-order valence-electron chi connectivity index (χ4n) is 6.68. The fourth-order valence-corrected chi connectivity index (χ4v) is 8.07. The molecular weight excluding hydrogens is 584 g/mol. The number of rotatable bonds is 9. The van der Waals surface area contributed by atoms with Crippen LogP contribution in [-0.4, -0.2) is 98.3 Å². The number of methoxy groups -OCH3 is 1. The highest BCUT2D eigenvalue weighted by Crippen LogP contribution is 2.48. The summed E-state index contributed by atoms with van der Waals surface area (Å²) in [5.74, 6) is -1.24. The third-order valence-corrected chi connectivity index (χ3v) is 10.8. The van der Waals surface area contributed by atoms with Crippen LogP contribution in [0.15, 0.2) is 18.6 Å². The van der Waals surface area contributed by atoms with E-state index in [1.54, 1.807) is 0 Å². The molecule has 4 amide bonds. The van der Waals surface area contributed by atoms with Crippen molar-refractivity contribution in [1.82, 2.24) is 30.4 Å². The number of hydrogen-bond donors (Lipinski definition) is 2. The van der Waals surface area contributed by atoms with Crippen LogP contribution in [0.4, 0.5) is 0 Å². The lowest BCUT2D eigenvalue weighted by molar-refractivity contribution is -0.153. The summed E-state index contributed by atoms with van der Waals surface area (Å²) in [6.07, 6.45) is 11.2. The molecule has 2 N–H and O–H groups in total. The average molecular weight is 629 g/mol. The van der Waals surface area contributed by atoms with Crippen LogP contribution < -0.4 is 10.6 Å². The van der Waals surface area contributed by atoms with E-state index in [0.29, 0.717) is 18.2 Å². The second-order valence-electron chi connectivity index (χ2n) is 13.6. The number of amides is 4. The second-order valence-corrected chi connectivity index (χ2v) is 15.0. The van der Waals surface area contributed by atoms with Crippen LogP contribution >= 0.6 is 11.8 Å². The lowest BCUT2D eigenvalue weighted by Crippen LogP contribution is -2.61. The molecule has 12 nitrogen and oxygen atoms in total. The molecule has 4 atom stereocenters. The maximum atomic E-state index is 14.4. The zero-order chi connectivity index (χ0) is 31.6. The Morgan fingerprint density at radius 3 is 2.43 bits per heavy atom. The van der Waals surface area contributed by atoms with E-state index in [2.05, 4.69) is 20.6 Å². The third kappa shape index (κ3) is 6.87. The predicted molar refractivity (Wildman–Crippen MR) is 163 cm³/mol. The van der Waals surface area contributed by atoms with Crippen LogP contribution in [0.5, 0.6) is 0 Å². The van der Waals surface area contributed by atoms with Crippen molar-refractivity contribution in [3.63, 3.8) is 0 Å². The van der Waals surface area contributed by atoms with E-state index in [-0.39, 0.29) is 30.5 Å². The van der Waals surface area contributed by atoms with E-state index in [1.165, 1.54) is 42.4 Å². The molecule has 2 aliphatic heterocycles. The Morgan fingerprint density at radius 1 is 1.09 bits per heavy atom. The third-order valence-electron chi connectivity index (χ3n) is 9.34. The molecule has 4 aliphatic rings. The number of aromatic nitrogens is 2. The predicted octanol–water partition coefficient (Wildman–Crippen LogP) is 2.14. The highest BCUT2D eigenvalue weighted by molar-refractivity contribution is 8.01. The molecule has 1 aromatic heterocycles. The topological polar surface area (TPSA) is 151 Å². The van der Waals surface area contributed by atoms with Crippen LogP contribution in [0.3, 0.4) is 0 Å². The van der Waals surface area contributed by atoms with E-state index in [0.717, 1.165) is 44.9 Å². The number of nitrogens with zero attached hydrogens (tertiary/aromatic N) is 4. The van der Waals surface area contributed by atoms with Crippen molar-refractivity contribution in [3.05, 3.63) is 24.3 Å². The molecule has 240 valence electrons. The highest BCUT2D eigenvalue weighted by Gasteiger charge is 2.58. The van der Waals surface area contributed by atoms with Gasteiger partial charge in [0.15, 0.2) is 0 Å². The van der Waals surface area contributed by atoms with Crippen molar-refractivity contribution in [1.29, 1.82) is 0 Å². The zero-order valence-electron chi connectivity index (χ0n) is 26.0. The van der Waals surface area contributed by atoms with Crippen molar-refractivity contribution in [2.45, 2.75) is 95.1 Å². The van der Waals surface area contributed by atoms with Gasteiger partial charge in [-0.05, 0) is 42.9 Å². The zero-order valence-corrected chi connectivity index (χ0v) is 26.9. The largest absolute Gasteiger partial charge is 0.467 e. The van der Waals surface area contributed by atoms with Crippen molar-refractivity contribution < 1.29 is 28.7 Å². The molecule has 0 bridgehead atoms. The van der Waals surface area contributed by atoms with Gasteiger partial charge in [0.25, 0.3) is 5.91 Å². The van der Waals surface area contributed by atoms with E-state index in [9.17, 15) is 24.0 Å². The molecule has 44 heavy (non-hydrogen) atoms. The van der Waals surface area contributed by atoms with Gasteiger partial charge < -0.3 is 25.2 Å². The van der Waals surface area contributed by atoms with E-state index in [1.807, 2.05) is 25.7 Å². The van der Waals surface area contributed by atoms with Crippen LogP contribution in [0.2, 0.25) is 0 Å². The summed E-state index contributed by atoms with van der Waals surface area (Å²) in [5.41, 5.74) is -0.631. The summed E-state index contributed by atoms with van der Waals surface area (Å²) in [6.45, 7) is 6.36. The van der Waals surface area contributed by atoms with Gasteiger partial charge in [-0.25, -0.2) is 9.78 Å². The summed E-state index contributed by atoms with van der Waals surface area (Å²) in [6, 6.07) is -2.77. The maximum absolute atomic E-state index is 14.4. The Labute approximate surface area is 262 Å². The minimum atomic E-state index is -1.00. The first-order chi connectivity index (χ1) is 20.9. The first-order valence-corrected chi connectivity index (χ1v) is 16.6. The molecule has 3 heterocycles. The van der Waals surface area contributed by atoms with Gasteiger partial charge in [0.1, 0.15) is 28.7 Å². The monoisotopic (exact) mass is 628 g/mol. The number of nitrogens with one attached hydrogen (secondary N) is 2. The van der Waals surface area contributed by atoms with Gasteiger partial charge in [0.2, 0.25) is 17.7 Å². The van der Waals surface area contributed by atoms with Crippen molar-refractivity contribution in [3.8, 4) is 0 Å². The van der Waals surface area contributed by atoms with Crippen LogP contribution in [-0.2, 0) is 23.9 Å². The normalized spacial score (nSPS) is 25.5. The minimum Gasteiger partial charge on any atom is -0.467 e. The van der Waals surface area contributed by atoms with Gasteiger partial charge >= 0.3 is 5.97 Å². The number of carbonyl (C=O) groups is 5. The molecule has 3 unspecified atom stereocenters. The number of thioether (sulfide) groups is 1. The van der Waals surface area contributed by atoms with Crippen LogP contribution in [0.25, 0.3) is 0 Å². The molecule has 0 radical (unpaired) electrons. The van der Waals surface area contributed by atoms with E-state index >= 15 is 0 Å². The summed E-state index contributed by atoms with van der Waals surface area (Å²) in [7, 11) is 1.29. The lowest BCUT2D eigenvalue weighted by Gasteiger charge is -2.38. The summed E-state index contributed by atoms with van der Waals surface area (Å²) < 4.78 is 5.13. The molecule has 5 rings (SSSR count). The second kappa shape index (κ2) is 13.0. The number of esters is 1. The fraction of sp³-hybridized carbons (Fsp3) is 0.710. The van der Waals surface area contributed by atoms with Gasteiger partial charge in [-0.1, -0.05) is 40.0 Å². The minimum absolute atomic E-state index is 0.0228. The molecule has 2 aliphatic carbocycles. The molecule has 2 saturated heterocycles. The van der Waals surface area contributed by atoms with Gasteiger partial charge in [-0.15, -0.1) is 11.8 Å². The van der Waals surface area contributed by atoms with Gasteiger partial charge in [0.05, 0.1) is 25.6 Å². The quantitative estimate of drug-likeness (QED) is 0.392. The molecule has 0 aromatic carbocycles. The Balaban J connectivity index is 1.40. The Bertz CT molecular complexity index is 1260. The first-order valence-electron chi connectivity index (χ1n) is 15.6. The van der Waals surface area contributed by atoms with Crippen LogP contribution in [0, 0.1) is 17.3 Å². The lowest BCUT2D eigenvalue weighted by atomic mass is 9.82. The Morgan fingerprint density at radius 2 is 1.82 bits per heavy atom. The number of carbonyl (C=O) groups excluding carboxylic acids is 5. The molecule has 2 saturated carbocycles. The number of ether oxygens (including phenoxy) is 1. The number of hydrogen-bond acceptors (Lipinski definition) is 9. The van der Waals surface area contributed by atoms with E-state index in [4.69, 9.17) is 4.74 Å². The molecule has 1 aromatic rings. The van der Waals surface area contributed by atoms with Crippen molar-refractivity contribution >= 4 is 41.4 Å². The van der Waals surface area contributed by atoms with Gasteiger partial charge in [-0.3, -0.25) is 24.2 Å². The summed E-state index contributed by atoms with van der Waals surface area (Å²) >= 11 is 1.48.